The lowest BCUT2D eigenvalue weighted by Crippen LogP contribution is -2.42. The summed E-state index contributed by atoms with van der Waals surface area (Å²) in [5, 5.41) is 0. The highest BCUT2D eigenvalue weighted by molar-refractivity contribution is 6.00. The molecule has 1 atom stereocenters. The predicted octanol–water partition coefficient (Wildman–Crippen LogP) is 0.828. The van der Waals surface area contributed by atoms with Gasteiger partial charge in [0.2, 0.25) is 5.91 Å². The van der Waals surface area contributed by atoms with Crippen LogP contribution in [0.1, 0.15) is 23.2 Å². The van der Waals surface area contributed by atoms with Crippen LogP contribution in [0.5, 0.6) is 5.75 Å². The maximum atomic E-state index is 12.3. The number of ketones is 1. The van der Waals surface area contributed by atoms with Gasteiger partial charge in [-0.05, 0) is 31.5 Å². The second-order valence-corrected chi connectivity index (χ2v) is 4.65. The molecule has 5 nitrogen and oxygen atoms in total. The van der Waals surface area contributed by atoms with Gasteiger partial charge in [0, 0.05) is 0 Å². The number of likely N-dealkylation sites (tertiary alicyclic amines) is 1. The topological polar surface area (TPSA) is 72.6 Å². The molecule has 1 aromatic rings. The number of para-hydroxylation sites is 1. The summed E-state index contributed by atoms with van der Waals surface area (Å²) in [5.41, 5.74) is 5.88. The van der Waals surface area contributed by atoms with Crippen LogP contribution in [0, 0.1) is 0 Å². The van der Waals surface area contributed by atoms with Gasteiger partial charge in [0.15, 0.2) is 5.78 Å². The number of methoxy groups -OCH3 is 1. The minimum atomic E-state index is -0.356. The van der Waals surface area contributed by atoms with Crippen molar-refractivity contribution in [2.75, 3.05) is 20.2 Å². The van der Waals surface area contributed by atoms with Crippen molar-refractivity contribution in [1.82, 2.24) is 4.90 Å². The molecule has 1 unspecified atom stereocenters. The number of carbonyl (C=O) groups excluding carboxylic acids is 2. The van der Waals surface area contributed by atoms with Crippen molar-refractivity contribution in [1.29, 1.82) is 0 Å². The molecule has 0 radical (unpaired) electrons. The van der Waals surface area contributed by atoms with Gasteiger partial charge in [-0.15, -0.1) is 0 Å². The number of nitrogens with two attached hydrogens (primary N) is 1. The van der Waals surface area contributed by atoms with Gasteiger partial charge in [0.05, 0.1) is 25.3 Å². The minimum absolute atomic E-state index is 0.0504. The number of nitrogens with zero attached hydrogens (tertiary/aromatic N) is 1. The molecule has 2 rings (SSSR count). The Bertz CT molecular complexity index is 487. The summed E-state index contributed by atoms with van der Waals surface area (Å²) in [6, 6.07) is 6.78. The van der Waals surface area contributed by atoms with E-state index < -0.39 is 0 Å². The second kappa shape index (κ2) is 5.84. The van der Waals surface area contributed by atoms with Crippen LogP contribution >= 0.6 is 0 Å². The van der Waals surface area contributed by atoms with Crippen molar-refractivity contribution in [2.45, 2.75) is 18.9 Å². The number of Topliss-reactive ketones (excluding diaryl/α,β-unsaturated/α-hetero) is 1. The van der Waals surface area contributed by atoms with Crippen LogP contribution in [0.25, 0.3) is 0 Å². The first-order valence-corrected chi connectivity index (χ1v) is 6.33. The molecule has 0 aromatic heterocycles. The summed E-state index contributed by atoms with van der Waals surface area (Å²) >= 11 is 0. The van der Waals surface area contributed by atoms with Crippen molar-refractivity contribution in [3.05, 3.63) is 29.8 Å². The quantitative estimate of drug-likeness (QED) is 0.798. The van der Waals surface area contributed by atoms with E-state index in [0.717, 1.165) is 19.4 Å². The maximum absolute atomic E-state index is 12.3. The van der Waals surface area contributed by atoms with Crippen LogP contribution in [0.15, 0.2) is 24.3 Å². The van der Waals surface area contributed by atoms with Crippen molar-refractivity contribution >= 4 is 11.7 Å². The van der Waals surface area contributed by atoms with E-state index in [-0.39, 0.29) is 24.3 Å². The summed E-state index contributed by atoms with van der Waals surface area (Å²) in [6.07, 6.45) is 1.63. The van der Waals surface area contributed by atoms with Crippen LogP contribution < -0.4 is 10.5 Å². The fourth-order valence-corrected chi connectivity index (χ4v) is 2.48. The molecular weight excluding hydrogens is 244 g/mol. The SMILES string of the molecule is COc1ccccc1C(=O)CN1CCCC1C(N)=O. The minimum Gasteiger partial charge on any atom is -0.496 e. The van der Waals surface area contributed by atoms with Gasteiger partial charge < -0.3 is 10.5 Å². The Morgan fingerprint density at radius 1 is 1.42 bits per heavy atom. The number of primary amides is 1. The zero-order valence-electron chi connectivity index (χ0n) is 11.0. The van der Waals surface area contributed by atoms with Crippen molar-refractivity contribution < 1.29 is 14.3 Å². The molecule has 1 aliphatic rings. The molecule has 1 aromatic carbocycles. The number of amides is 1. The van der Waals surface area contributed by atoms with E-state index in [0.29, 0.717) is 11.3 Å². The van der Waals surface area contributed by atoms with Crippen LogP contribution in [0.2, 0.25) is 0 Å². The fourth-order valence-electron chi connectivity index (χ4n) is 2.48. The zero-order chi connectivity index (χ0) is 13.8. The number of ether oxygens (including phenoxy) is 1. The lowest BCUT2D eigenvalue weighted by Gasteiger charge is -2.21. The fraction of sp³-hybridized carbons (Fsp3) is 0.429. The van der Waals surface area contributed by atoms with Gasteiger partial charge in [0.1, 0.15) is 5.75 Å². The Morgan fingerprint density at radius 2 is 2.16 bits per heavy atom. The third-order valence-corrected chi connectivity index (χ3v) is 3.45. The summed E-state index contributed by atoms with van der Waals surface area (Å²) in [6.45, 7) is 0.933. The molecule has 0 spiro atoms. The Labute approximate surface area is 112 Å². The van der Waals surface area contributed by atoms with E-state index in [1.165, 1.54) is 7.11 Å². The third-order valence-electron chi connectivity index (χ3n) is 3.45. The van der Waals surface area contributed by atoms with Gasteiger partial charge in [-0.2, -0.15) is 0 Å². The van der Waals surface area contributed by atoms with E-state index >= 15 is 0 Å². The highest BCUT2D eigenvalue weighted by Crippen LogP contribution is 2.21. The maximum Gasteiger partial charge on any atom is 0.234 e. The first kappa shape index (κ1) is 13.5. The Morgan fingerprint density at radius 3 is 2.84 bits per heavy atom. The summed E-state index contributed by atoms with van der Waals surface area (Å²) in [7, 11) is 1.54. The molecule has 1 amide bonds. The lowest BCUT2D eigenvalue weighted by atomic mass is 10.1. The molecule has 5 heteroatoms. The molecule has 19 heavy (non-hydrogen) atoms. The highest BCUT2D eigenvalue weighted by Gasteiger charge is 2.30. The van der Waals surface area contributed by atoms with Crippen LogP contribution in [-0.4, -0.2) is 42.8 Å². The van der Waals surface area contributed by atoms with E-state index in [1.807, 2.05) is 11.0 Å². The van der Waals surface area contributed by atoms with Crippen molar-refractivity contribution in [2.24, 2.45) is 5.73 Å². The van der Waals surface area contributed by atoms with Gasteiger partial charge in [-0.1, -0.05) is 12.1 Å². The summed E-state index contributed by atoms with van der Waals surface area (Å²) in [5.74, 6) is 0.151. The normalized spacial score (nSPS) is 19.3. The van der Waals surface area contributed by atoms with E-state index in [1.54, 1.807) is 18.2 Å². The average Bonchev–Trinajstić information content (AvgIpc) is 2.87. The van der Waals surface area contributed by atoms with Crippen LogP contribution in [0.4, 0.5) is 0 Å². The molecule has 1 heterocycles. The van der Waals surface area contributed by atoms with Gasteiger partial charge in [-0.3, -0.25) is 14.5 Å². The van der Waals surface area contributed by atoms with Gasteiger partial charge in [-0.25, -0.2) is 0 Å². The monoisotopic (exact) mass is 262 g/mol. The van der Waals surface area contributed by atoms with Gasteiger partial charge in [0.25, 0.3) is 0 Å². The largest absolute Gasteiger partial charge is 0.496 e. The summed E-state index contributed by atoms with van der Waals surface area (Å²) in [4.78, 5) is 25.4. The first-order valence-electron chi connectivity index (χ1n) is 6.33. The number of rotatable bonds is 5. The molecule has 102 valence electrons. The number of benzene rings is 1. The lowest BCUT2D eigenvalue weighted by molar-refractivity contribution is -0.122. The molecule has 1 saturated heterocycles. The molecular formula is C14H18N2O3. The van der Waals surface area contributed by atoms with E-state index in [4.69, 9.17) is 10.5 Å². The van der Waals surface area contributed by atoms with Crippen molar-refractivity contribution in [3.63, 3.8) is 0 Å². The van der Waals surface area contributed by atoms with E-state index in [2.05, 4.69) is 0 Å². The first-order chi connectivity index (χ1) is 9.13. The number of hydrogen-bond acceptors (Lipinski definition) is 4. The smallest absolute Gasteiger partial charge is 0.234 e. The molecule has 0 bridgehead atoms. The molecule has 0 saturated carbocycles. The third kappa shape index (κ3) is 2.93. The van der Waals surface area contributed by atoms with E-state index in [9.17, 15) is 9.59 Å². The molecule has 0 aliphatic carbocycles. The predicted molar refractivity (Wildman–Crippen MR) is 71.1 cm³/mol. The highest BCUT2D eigenvalue weighted by atomic mass is 16.5. The molecule has 2 N–H and O–H groups in total. The zero-order valence-corrected chi connectivity index (χ0v) is 11.0. The second-order valence-electron chi connectivity index (χ2n) is 4.65. The van der Waals surface area contributed by atoms with Crippen molar-refractivity contribution in [3.8, 4) is 5.75 Å². The van der Waals surface area contributed by atoms with Crippen LogP contribution in [0.3, 0.4) is 0 Å². The average molecular weight is 262 g/mol. The standard InChI is InChI=1S/C14H18N2O3/c1-19-13-7-3-2-5-10(13)12(17)9-16-8-4-6-11(16)14(15)18/h2-3,5,7,11H,4,6,8-9H2,1H3,(H2,15,18). The summed E-state index contributed by atoms with van der Waals surface area (Å²) < 4.78 is 5.17. The Kier molecular flexibility index (Phi) is 4.16. The Balaban J connectivity index is 2.10. The Hall–Kier alpha value is -1.88. The number of hydrogen-bond donors (Lipinski definition) is 1. The van der Waals surface area contributed by atoms with Crippen LogP contribution in [-0.2, 0) is 4.79 Å². The van der Waals surface area contributed by atoms with Gasteiger partial charge >= 0.3 is 0 Å². The molecule has 1 aliphatic heterocycles. The number of carbonyl (C=O) groups is 2. The molecule has 1 fully saturated rings.